The molecule has 104 valence electrons. The molecule has 0 aliphatic carbocycles. The van der Waals surface area contributed by atoms with Crippen LogP contribution in [-0.2, 0) is 13.5 Å². The summed E-state index contributed by atoms with van der Waals surface area (Å²) in [4.78, 5) is 0. The van der Waals surface area contributed by atoms with Gasteiger partial charge in [-0.15, -0.1) is 0 Å². The molecule has 0 aliphatic heterocycles. The summed E-state index contributed by atoms with van der Waals surface area (Å²) in [6, 6.07) is 0.508. The number of hydrogen-bond acceptors (Lipinski definition) is 2. The van der Waals surface area contributed by atoms with Crippen molar-refractivity contribution in [2.75, 3.05) is 6.54 Å². The zero-order chi connectivity index (χ0) is 13.9. The van der Waals surface area contributed by atoms with Crippen molar-refractivity contribution in [1.82, 2.24) is 15.1 Å². The fourth-order valence-corrected chi connectivity index (χ4v) is 2.18. The molecule has 1 unspecified atom stereocenters. The Hall–Kier alpha value is -0.830. The zero-order valence-corrected chi connectivity index (χ0v) is 13.1. The predicted octanol–water partition coefficient (Wildman–Crippen LogP) is 2.99. The van der Waals surface area contributed by atoms with Crippen LogP contribution in [-0.4, -0.2) is 22.4 Å². The third-order valence-corrected chi connectivity index (χ3v) is 3.54. The average Bonchev–Trinajstić information content (AvgIpc) is 2.43. The van der Waals surface area contributed by atoms with Crippen molar-refractivity contribution in [1.29, 1.82) is 0 Å². The average molecular weight is 251 g/mol. The molecular formula is C15H29N3. The van der Waals surface area contributed by atoms with Crippen LogP contribution < -0.4 is 5.32 Å². The van der Waals surface area contributed by atoms with E-state index in [9.17, 15) is 0 Å². The number of nitrogens with zero attached hydrogens (tertiary/aromatic N) is 2. The highest BCUT2D eigenvalue weighted by Gasteiger charge is 2.14. The van der Waals surface area contributed by atoms with Crippen LogP contribution in [0.5, 0.6) is 0 Å². The lowest BCUT2D eigenvalue weighted by atomic mass is 9.92. The van der Waals surface area contributed by atoms with Crippen LogP contribution in [0.25, 0.3) is 0 Å². The van der Waals surface area contributed by atoms with E-state index in [4.69, 9.17) is 0 Å². The topological polar surface area (TPSA) is 29.9 Å². The van der Waals surface area contributed by atoms with Gasteiger partial charge in [0.15, 0.2) is 0 Å². The summed E-state index contributed by atoms with van der Waals surface area (Å²) in [5.74, 6) is 0. The van der Waals surface area contributed by atoms with E-state index in [1.54, 1.807) is 0 Å². The van der Waals surface area contributed by atoms with Crippen LogP contribution in [0.4, 0.5) is 0 Å². The van der Waals surface area contributed by atoms with Crippen LogP contribution in [0.3, 0.4) is 0 Å². The quantitative estimate of drug-likeness (QED) is 0.872. The van der Waals surface area contributed by atoms with Crippen LogP contribution in [0.2, 0.25) is 0 Å². The number of nitrogens with one attached hydrogen (secondary N) is 1. The van der Waals surface area contributed by atoms with Gasteiger partial charge in [-0.2, -0.15) is 5.10 Å². The minimum atomic E-state index is 0.410. The van der Waals surface area contributed by atoms with E-state index in [1.807, 2.05) is 11.7 Å². The van der Waals surface area contributed by atoms with E-state index in [1.165, 1.54) is 23.4 Å². The lowest BCUT2D eigenvalue weighted by Crippen LogP contribution is -2.31. The van der Waals surface area contributed by atoms with Gasteiger partial charge in [0.1, 0.15) is 0 Å². The van der Waals surface area contributed by atoms with Crippen molar-refractivity contribution in [3.63, 3.8) is 0 Å². The van der Waals surface area contributed by atoms with Crippen molar-refractivity contribution < 1.29 is 0 Å². The molecule has 0 spiro atoms. The molecule has 3 heteroatoms. The number of aromatic nitrogens is 2. The van der Waals surface area contributed by atoms with Gasteiger partial charge in [-0.25, -0.2) is 0 Å². The molecule has 0 aromatic carbocycles. The maximum atomic E-state index is 4.47. The summed E-state index contributed by atoms with van der Waals surface area (Å²) in [6.07, 6.45) is 2.28. The summed E-state index contributed by atoms with van der Waals surface area (Å²) < 4.78 is 1.98. The zero-order valence-electron chi connectivity index (χ0n) is 13.1. The molecule has 0 bridgehead atoms. The minimum absolute atomic E-state index is 0.410. The SMILES string of the molecule is Cc1nn(C)c(C)c1CC(C)NCCC(C)(C)C. The van der Waals surface area contributed by atoms with Crippen molar-refractivity contribution in [2.24, 2.45) is 12.5 Å². The third kappa shape index (κ3) is 4.45. The molecule has 0 amide bonds. The molecular weight excluding hydrogens is 222 g/mol. The molecule has 0 saturated heterocycles. The predicted molar refractivity (Wildman–Crippen MR) is 77.9 cm³/mol. The lowest BCUT2D eigenvalue weighted by molar-refractivity contribution is 0.356. The fourth-order valence-electron chi connectivity index (χ4n) is 2.18. The van der Waals surface area contributed by atoms with E-state index in [2.05, 4.69) is 52.0 Å². The Balaban J connectivity index is 2.47. The summed E-state index contributed by atoms with van der Waals surface area (Å²) >= 11 is 0. The third-order valence-electron chi connectivity index (χ3n) is 3.54. The van der Waals surface area contributed by atoms with E-state index < -0.39 is 0 Å². The second-order valence-corrected chi connectivity index (χ2v) is 6.64. The summed E-state index contributed by atoms with van der Waals surface area (Å²) in [7, 11) is 2.02. The van der Waals surface area contributed by atoms with E-state index >= 15 is 0 Å². The molecule has 0 radical (unpaired) electrons. The molecule has 1 heterocycles. The van der Waals surface area contributed by atoms with Gasteiger partial charge in [-0.3, -0.25) is 4.68 Å². The number of aryl methyl sites for hydroxylation is 2. The first-order valence-corrected chi connectivity index (χ1v) is 6.93. The van der Waals surface area contributed by atoms with Gasteiger partial charge in [-0.05, 0) is 51.1 Å². The normalized spacial score (nSPS) is 13.9. The number of rotatable bonds is 5. The first-order valence-electron chi connectivity index (χ1n) is 6.93. The largest absolute Gasteiger partial charge is 0.314 e. The highest BCUT2D eigenvalue weighted by molar-refractivity contribution is 5.25. The van der Waals surface area contributed by atoms with Crippen LogP contribution in [0.1, 0.15) is 51.1 Å². The Morgan fingerprint density at radius 3 is 2.33 bits per heavy atom. The molecule has 3 nitrogen and oxygen atoms in total. The van der Waals surface area contributed by atoms with E-state index in [0.717, 1.165) is 13.0 Å². The monoisotopic (exact) mass is 251 g/mol. The van der Waals surface area contributed by atoms with Crippen LogP contribution in [0, 0.1) is 19.3 Å². The first kappa shape index (κ1) is 15.2. The van der Waals surface area contributed by atoms with Gasteiger partial charge in [-0.1, -0.05) is 20.8 Å². The molecule has 1 N–H and O–H groups in total. The fraction of sp³-hybridized carbons (Fsp3) is 0.800. The smallest absolute Gasteiger partial charge is 0.0628 e. The maximum absolute atomic E-state index is 4.47. The van der Waals surface area contributed by atoms with Crippen LogP contribution in [0.15, 0.2) is 0 Å². The second kappa shape index (κ2) is 5.87. The molecule has 1 aromatic heterocycles. The van der Waals surface area contributed by atoms with E-state index in [0.29, 0.717) is 11.5 Å². The maximum Gasteiger partial charge on any atom is 0.0628 e. The highest BCUT2D eigenvalue weighted by atomic mass is 15.3. The van der Waals surface area contributed by atoms with Crippen molar-refractivity contribution in [2.45, 2.75) is 60.4 Å². The molecule has 0 aliphatic rings. The first-order chi connectivity index (χ1) is 8.20. The van der Waals surface area contributed by atoms with Gasteiger partial charge in [0.2, 0.25) is 0 Å². The standard InChI is InChI=1S/C15H29N3/c1-11(16-9-8-15(4,5)6)10-14-12(2)17-18(7)13(14)3/h11,16H,8-10H2,1-7H3. The summed E-state index contributed by atoms with van der Waals surface area (Å²) in [5.41, 5.74) is 4.26. The molecule has 1 rings (SSSR count). The van der Waals surface area contributed by atoms with Gasteiger partial charge < -0.3 is 5.32 Å². The molecule has 18 heavy (non-hydrogen) atoms. The van der Waals surface area contributed by atoms with Crippen molar-refractivity contribution in [3.05, 3.63) is 17.0 Å². The molecule has 0 fully saturated rings. The highest BCUT2D eigenvalue weighted by Crippen LogP contribution is 2.18. The Bertz CT molecular complexity index is 385. The molecule has 0 saturated carbocycles. The number of hydrogen-bond donors (Lipinski definition) is 1. The van der Waals surface area contributed by atoms with Gasteiger partial charge in [0, 0.05) is 18.8 Å². The van der Waals surface area contributed by atoms with Gasteiger partial charge in [0.25, 0.3) is 0 Å². The minimum Gasteiger partial charge on any atom is -0.314 e. The molecule has 1 atom stereocenters. The Morgan fingerprint density at radius 1 is 1.28 bits per heavy atom. The Morgan fingerprint density at radius 2 is 1.89 bits per heavy atom. The molecule has 1 aromatic rings. The van der Waals surface area contributed by atoms with Crippen LogP contribution >= 0.6 is 0 Å². The summed E-state index contributed by atoms with van der Waals surface area (Å²) in [5, 5.41) is 8.09. The van der Waals surface area contributed by atoms with Gasteiger partial charge in [0.05, 0.1) is 5.69 Å². The summed E-state index contributed by atoms with van der Waals surface area (Å²) in [6.45, 7) is 14.5. The van der Waals surface area contributed by atoms with Crippen molar-refractivity contribution >= 4 is 0 Å². The Kier molecular flexibility index (Phi) is 4.97. The van der Waals surface area contributed by atoms with E-state index in [-0.39, 0.29) is 0 Å². The second-order valence-electron chi connectivity index (χ2n) is 6.64. The van der Waals surface area contributed by atoms with Gasteiger partial charge >= 0.3 is 0 Å². The van der Waals surface area contributed by atoms with Crippen molar-refractivity contribution in [3.8, 4) is 0 Å². The lowest BCUT2D eigenvalue weighted by Gasteiger charge is -2.20. The Labute approximate surface area is 112 Å².